The van der Waals surface area contributed by atoms with Crippen molar-refractivity contribution in [1.29, 1.82) is 0 Å². The highest BCUT2D eigenvalue weighted by atomic mass is 16.4. The molecule has 3 rings (SSSR count). The van der Waals surface area contributed by atoms with Crippen molar-refractivity contribution in [2.45, 2.75) is 26.2 Å². The maximum Gasteiger partial charge on any atom is 0.300 e. The number of aromatic hydroxyl groups is 1. The minimum absolute atomic E-state index is 0.305. The number of phenols is 1. The first kappa shape index (κ1) is 15.8. The summed E-state index contributed by atoms with van der Waals surface area (Å²) in [5, 5.41) is 16.7. The summed E-state index contributed by atoms with van der Waals surface area (Å²) in [6.07, 6.45) is 7.41. The van der Waals surface area contributed by atoms with Gasteiger partial charge in [0.25, 0.3) is 5.97 Å². The van der Waals surface area contributed by atoms with Gasteiger partial charge in [-0.05, 0) is 60.2 Å². The highest BCUT2D eigenvalue weighted by Gasteiger charge is 2.14. The van der Waals surface area contributed by atoms with E-state index >= 15 is 0 Å². The molecular weight excluding hydrogens is 278 g/mol. The summed E-state index contributed by atoms with van der Waals surface area (Å²) in [7, 11) is 0. The summed E-state index contributed by atoms with van der Waals surface area (Å²) >= 11 is 0. The van der Waals surface area contributed by atoms with Gasteiger partial charge in [-0.3, -0.25) is 9.78 Å². The van der Waals surface area contributed by atoms with Crippen LogP contribution in [0.25, 0.3) is 11.6 Å². The minimum atomic E-state index is -0.833. The van der Waals surface area contributed by atoms with Crippen LogP contribution in [0.4, 0.5) is 0 Å². The van der Waals surface area contributed by atoms with Gasteiger partial charge in [-0.25, -0.2) is 0 Å². The van der Waals surface area contributed by atoms with Crippen LogP contribution >= 0.6 is 0 Å². The number of rotatable bonds is 1. The maximum absolute atomic E-state index is 9.29. The molecule has 22 heavy (non-hydrogen) atoms. The van der Waals surface area contributed by atoms with Gasteiger partial charge in [-0.15, -0.1) is 0 Å². The zero-order valence-electron chi connectivity index (χ0n) is 12.5. The molecule has 2 aromatic rings. The predicted octanol–water partition coefficient (Wildman–Crippen LogP) is 3.76. The number of carboxylic acid groups (broad SMARTS) is 1. The second kappa shape index (κ2) is 7.41. The van der Waals surface area contributed by atoms with Crippen molar-refractivity contribution in [3.05, 3.63) is 59.4 Å². The molecule has 1 aliphatic carbocycles. The van der Waals surface area contributed by atoms with E-state index in [-0.39, 0.29) is 0 Å². The van der Waals surface area contributed by atoms with Gasteiger partial charge in [0.1, 0.15) is 5.75 Å². The Morgan fingerprint density at radius 1 is 1.18 bits per heavy atom. The van der Waals surface area contributed by atoms with Crippen LogP contribution in [0, 0.1) is 0 Å². The fourth-order valence-electron chi connectivity index (χ4n) is 2.43. The molecule has 4 nitrogen and oxygen atoms in total. The number of allylic oxidation sites excluding steroid dienone is 1. The minimum Gasteiger partial charge on any atom is -0.508 e. The largest absolute Gasteiger partial charge is 0.508 e. The molecule has 4 heteroatoms. The lowest BCUT2D eigenvalue weighted by Gasteiger charge is -2.17. The van der Waals surface area contributed by atoms with E-state index in [9.17, 15) is 5.11 Å². The van der Waals surface area contributed by atoms with Gasteiger partial charge >= 0.3 is 0 Å². The molecule has 1 aromatic heterocycles. The molecule has 0 atom stereocenters. The topological polar surface area (TPSA) is 70.4 Å². The van der Waals surface area contributed by atoms with Gasteiger partial charge in [0.05, 0.1) is 5.69 Å². The highest BCUT2D eigenvalue weighted by Crippen LogP contribution is 2.30. The standard InChI is InChI=1S/C16H15NO.C2H4O2/c18-15-8-6-12(7-9-15)11-14-4-1-3-13-5-2-10-17-16(13)14;1-2(3)4/h2,5-11,18H,1,3-4H2;1H3,(H,3,4)/b14-11+;. The van der Waals surface area contributed by atoms with Gasteiger partial charge in [0.2, 0.25) is 0 Å². The lowest BCUT2D eigenvalue weighted by molar-refractivity contribution is -0.134. The van der Waals surface area contributed by atoms with E-state index in [1.54, 1.807) is 12.1 Å². The van der Waals surface area contributed by atoms with Gasteiger partial charge < -0.3 is 10.2 Å². The maximum atomic E-state index is 9.29. The van der Waals surface area contributed by atoms with E-state index in [4.69, 9.17) is 9.90 Å². The van der Waals surface area contributed by atoms with Crippen molar-refractivity contribution >= 4 is 17.6 Å². The SMILES string of the molecule is CC(=O)O.Oc1ccc(/C=C2\CCCc3cccnc32)cc1. The van der Waals surface area contributed by atoms with Crippen LogP contribution in [0.1, 0.15) is 36.6 Å². The van der Waals surface area contributed by atoms with Gasteiger partial charge in [0.15, 0.2) is 0 Å². The number of nitrogens with zero attached hydrogens (tertiary/aromatic N) is 1. The van der Waals surface area contributed by atoms with Crippen molar-refractivity contribution in [2.24, 2.45) is 0 Å². The number of fused-ring (bicyclic) bond motifs is 1. The van der Waals surface area contributed by atoms with E-state index in [1.807, 2.05) is 24.4 Å². The number of carboxylic acids is 1. The number of benzene rings is 1. The van der Waals surface area contributed by atoms with Crippen molar-refractivity contribution in [3.8, 4) is 5.75 Å². The van der Waals surface area contributed by atoms with Crippen LogP contribution in [0.5, 0.6) is 5.75 Å². The van der Waals surface area contributed by atoms with E-state index in [1.165, 1.54) is 17.6 Å². The summed E-state index contributed by atoms with van der Waals surface area (Å²) in [5.74, 6) is -0.528. The lowest BCUT2D eigenvalue weighted by atomic mass is 9.90. The van der Waals surface area contributed by atoms with Crippen molar-refractivity contribution in [1.82, 2.24) is 4.98 Å². The summed E-state index contributed by atoms with van der Waals surface area (Å²) in [4.78, 5) is 13.5. The van der Waals surface area contributed by atoms with Crippen LogP contribution in [-0.4, -0.2) is 21.2 Å². The van der Waals surface area contributed by atoms with E-state index in [0.717, 1.165) is 31.0 Å². The normalized spacial score (nSPS) is 14.7. The Bertz CT molecular complexity index is 671. The lowest BCUT2D eigenvalue weighted by Crippen LogP contribution is -2.03. The molecule has 0 saturated heterocycles. The van der Waals surface area contributed by atoms with Gasteiger partial charge in [-0.1, -0.05) is 18.2 Å². The van der Waals surface area contributed by atoms with Crippen LogP contribution in [0.3, 0.4) is 0 Å². The summed E-state index contributed by atoms with van der Waals surface area (Å²) in [5.41, 5.74) is 4.88. The molecule has 1 aromatic carbocycles. The van der Waals surface area contributed by atoms with E-state index in [2.05, 4.69) is 17.1 Å². The van der Waals surface area contributed by atoms with Crippen LogP contribution in [0.2, 0.25) is 0 Å². The Labute approximate surface area is 129 Å². The number of pyridine rings is 1. The number of aryl methyl sites for hydroxylation is 1. The molecule has 0 saturated carbocycles. The van der Waals surface area contributed by atoms with Crippen molar-refractivity contribution in [3.63, 3.8) is 0 Å². The number of hydrogen-bond acceptors (Lipinski definition) is 3. The highest BCUT2D eigenvalue weighted by molar-refractivity contribution is 5.82. The summed E-state index contributed by atoms with van der Waals surface area (Å²) in [6.45, 7) is 1.08. The quantitative estimate of drug-likeness (QED) is 0.841. The Hall–Kier alpha value is -2.62. The zero-order chi connectivity index (χ0) is 15.9. The number of aromatic nitrogens is 1. The van der Waals surface area contributed by atoms with Crippen LogP contribution in [-0.2, 0) is 11.2 Å². The number of phenolic OH excluding ortho intramolecular Hbond substituents is 1. The molecule has 0 amide bonds. The first-order chi connectivity index (χ1) is 10.6. The fraction of sp³-hybridized carbons (Fsp3) is 0.222. The third-order valence-corrected chi connectivity index (χ3v) is 3.32. The Balaban J connectivity index is 0.000000396. The first-order valence-electron chi connectivity index (χ1n) is 7.19. The van der Waals surface area contributed by atoms with E-state index < -0.39 is 5.97 Å². The van der Waals surface area contributed by atoms with E-state index in [0.29, 0.717) is 5.75 Å². The van der Waals surface area contributed by atoms with Crippen LogP contribution in [0.15, 0.2) is 42.6 Å². The fourth-order valence-corrected chi connectivity index (χ4v) is 2.43. The number of carbonyl (C=O) groups is 1. The average molecular weight is 297 g/mol. The summed E-state index contributed by atoms with van der Waals surface area (Å²) < 4.78 is 0. The average Bonchev–Trinajstić information content (AvgIpc) is 2.49. The molecule has 0 spiro atoms. The second-order valence-corrected chi connectivity index (χ2v) is 5.14. The number of hydrogen-bond donors (Lipinski definition) is 2. The van der Waals surface area contributed by atoms with Gasteiger partial charge in [-0.2, -0.15) is 0 Å². The summed E-state index contributed by atoms with van der Waals surface area (Å²) in [6, 6.07) is 11.5. The molecule has 0 bridgehead atoms. The Morgan fingerprint density at radius 2 is 1.86 bits per heavy atom. The predicted molar refractivity (Wildman–Crippen MR) is 86.5 cm³/mol. The third-order valence-electron chi connectivity index (χ3n) is 3.32. The molecular formula is C18H19NO3. The molecule has 0 fully saturated rings. The zero-order valence-corrected chi connectivity index (χ0v) is 12.5. The van der Waals surface area contributed by atoms with Crippen molar-refractivity contribution in [2.75, 3.05) is 0 Å². The monoisotopic (exact) mass is 297 g/mol. The third kappa shape index (κ3) is 4.45. The van der Waals surface area contributed by atoms with Crippen LogP contribution < -0.4 is 0 Å². The molecule has 114 valence electrons. The molecule has 0 radical (unpaired) electrons. The van der Waals surface area contributed by atoms with Crippen molar-refractivity contribution < 1.29 is 15.0 Å². The Kier molecular flexibility index (Phi) is 5.31. The second-order valence-electron chi connectivity index (χ2n) is 5.14. The molecule has 1 heterocycles. The van der Waals surface area contributed by atoms with Gasteiger partial charge in [0, 0.05) is 13.1 Å². The molecule has 1 aliphatic rings. The number of aliphatic carboxylic acids is 1. The molecule has 0 unspecified atom stereocenters. The molecule has 0 aliphatic heterocycles. The smallest absolute Gasteiger partial charge is 0.300 e. The first-order valence-corrected chi connectivity index (χ1v) is 7.19. The molecule has 2 N–H and O–H groups in total. The Morgan fingerprint density at radius 3 is 2.55 bits per heavy atom.